The number of carbonyl (C=O) groups excluding carboxylic acids is 1. The maximum absolute atomic E-state index is 12.5. The van der Waals surface area contributed by atoms with Crippen molar-refractivity contribution >= 4 is 27.3 Å². The molecule has 1 N–H and O–H groups in total. The molecule has 7 nitrogen and oxygen atoms in total. The second-order valence-electron chi connectivity index (χ2n) is 6.64. The minimum Gasteiger partial charge on any atom is -0.489 e. The minimum atomic E-state index is -3.34. The van der Waals surface area contributed by atoms with Gasteiger partial charge in [0.2, 0.25) is 10.0 Å². The Morgan fingerprint density at radius 2 is 1.61 bits per heavy atom. The van der Waals surface area contributed by atoms with E-state index in [2.05, 4.69) is 5.32 Å². The third-order valence-corrected chi connectivity index (χ3v) is 5.09. The molecule has 0 spiro atoms. The van der Waals surface area contributed by atoms with Crippen molar-refractivity contribution in [2.75, 3.05) is 22.9 Å². The van der Waals surface area contributed by atoms with Crippen molar-refractivity contribution in [1.29, 1.82) is 0 Å². The van der Waals surface area contributed by atoms with Gasteiger partial charge in [0, 0.05) is 7.05 Å². The molecule has 1 atom stereocenters. The average molecular weight is 407 g/mol. The number of rotatable bonds is 8. The van der Waals surface area contributed by atoms with Gasteiger partial charge in [-0.2, -0.15) is 0 Å². The van der Waals surface area contributed by atoms with Crippen LogP contribution in [0, 0.1) is 0 Å². The number of hydrogen-bond donors (Lipinski definition) is 1. The number of amides is 1. The summed E-state index contributed by atoms with van der Waals surface area (Å²) in [5, 5.41) is 2.81. The standard InChI is InChI=1S/C20H26N2O5S/c1-14(2)26-19-9-7-6-8-18(19)21-20(23)15(3)27-17-12-10-16(11-13-17)22(4)28(5,24)25/h6-15H,1-5H3,(H,21,23). The molecule has 0 aliphatic heterocycles. The van der Waals surface area contributed by atoms with E-state index in [1.165, 1.54) is 11.4 Å². The van der Waals surface area contributed by atoms with Gasteiger partial charge in [0.05, 0.1) is 23.7 Å². The first-order valence-corrected chi connectivity index (χ1v) is 10.7. The Bertz CT molecular complexity index is 910. The van der Waals surface area contributed by atoms with Crippen LogP contribution < -0.4 is 19.1 Å². The number of para-hydroxylation sites is 2. The monoisotopic (exact) mass is 406 g/mol. The molecule has 1 unspecified atom stereocenters. The van der Waals surface area contributed by atoms with Crippen molar-refractivity contribution in [2.45, 2.75) is 33.0 Å². The van der Waals surface area contributed by atoms with Gasteiger partial charge in [0.25, 0.3) is 5.91 Å². The van der Waals surface area contributed by atoms with Gasteiger partial charge >= 0.3 is 0 Å². The van der Waals surface area contributed by atoms with Gasteiger partial charge in [-0.15, -0.1) is 0 Å². The Kier molecular flexibility index (Phi) is 6.90. The molecular weight excluding hydrogens is 380 g/mol. The topological polar surface area (TPSA) is 84.9 Å². The van der Waals surface area contributed by atoms with Crippen LogP contribution in [0.15, 0.2) is 48.5 Å². The number of nitrogens with zero attached hydrogens (tertiary/aromatic N) is 1. The normalized spacial score (nSPS) is 12.4. The highest BCUT2D eigenvalue weighted by Crippen LogP contribution is 2.26. The minimum absolute atomic E-state index is 0.0182. The fourth-order valence-electron chi connectivity index (χ4n) is 2.34. The molecule has 2 rings (SSSR count). The summed E-state index contributed by atoms with van der Waals surface area (Å²) < 4.78 is 35.7. The Labute approximate surface area is 166 Å². The average Bonchev–Trinajstić information content (AvgIpc) is 2.62. The maximum atomic E-state index is 12.5. The van der Waals surface area contributed by atoms with E-state index < -0.39 is 16.1 Å². The van der Waals surface area contributed by atoms with Gasteiger partial charge in [-0.25, -0.2) is 8.42 Å². The number of sulfonamides is 1. The lowest BCUT2D eigenvalue weighted by Crippen LogP contribution is -2.30. The Hall–Kier alpha value is -2.74. The highest BCUT2D eigenvalue weighted by atomic mass is 32.2. The highest BCUT2D eigenvalue weighted by Gasteiger charge is 2.18. The predicted molar refractivity (Wildman–Crippen MR) is 111 cm³/mol. The summed E-state index contributed by atoms with van der Waals surface area (Å²) in [5.74, 6) is 0.725. The van der Waals surface area contributed by atoms with Crippen molar-refractivity contribution < 1.29 is 22.7 Å². The molecule has 2 aromatic carbocycles. The van der Waals surface area contributed by atoms with Gasteiger partial charge in [0.1, 0.15) is 11.5 Å². The largest absolute Gasteiger partial charge is 0.489 e. The second kappa shape index (κ2) is 8.97. The molecule has 0 fully saturated rings. The maximum Gasteiger partial charge on any atom is 0.265 e. The first-order chi connectivity index (χ1) is 13.1. The fraction of sp³-hybridized carbons (Fsp3) is 0.350. The van der Waals surface area contributed by atoms with Gasteiger partial charge < -0.3 is 14.8 Å². The third kappa shape index (κ3) is 5.88. The van der Waals surface area contributed by atoms with E-state index in [4.69, 9.17) is 9.47 Å². The first-order valence-electron chi connectivity index (χ1n) is 8.85. The molecule has 0 saturated carbocycles. The predicted octanol–water partition coefficient (Wildman–Crippen LogP) is 3.28. The van der Waals surface area contributed by atoms with Crippen molar-refractivity contribution in [3.8, 4) is 11.5 Å². The molecule has 2 aromatic rings. The zero-order chi connectivity index (χ0) is 20.9. The summed E-state index contributed by atoms with van der Waals surface area (Å²) in [6, 6.07) is 13.7. The van der Waals surface area contributed by atoms with Crippen LogP contribution in [0.3, 0.4) is 0 Å². The molecule has 0 bridgehead atoms. The van der Waals surface area contributed by atoms with Crippen LogP contribution in [0.5, 0.6) is 11.5 Å². The molecule has 0 aliphatic rings. The Morgan fingerprint density at radius 3 is 2.18 bits per heavy atom. The number of benzene rings is 2. The van der Waals surface area contributed by atoms with Crippen LogP contribution in [0.4, 0.5) is 11.4 Å². The summed E-state index contributed by atoms with van der Waals surface area (Å²) in [7, 11) is -1.87. The number of nitrogens with one attached hydrogen (secondary N) is 1. The van der Waals surface area contributed by atoms with Gasteiger partial charge in [-0.3, -0.25) is 9.10 Å². The van der Waals surface area contributed by atoms with E-state index in [0.717, 1.165) is 6.26 Å². The van der Waals surface area contributed by atoms with Crippen molar-refractivity contribution in [3.63, 3.8) is 0 Å². The number of hydrogen-bond acceptors (Lipinski definition) is 5. The SMILES string of the molecule is CC(C)Oc1ccccc1NC(=O)C(C)Oc1ccc(N(C)S(C)(=O)=O)cc1. The molecule has 28 heavy (non-hydrogen) atoms. The smallest absolute Gasteiger partial charge is 0.265 e. The van der Waals surface area contributed by atoms with E-state index in [-0.39, 0.29) is 12.0 Å². The summed E-state index contributed by atoms with van der Waals surface area (Å²) in [5.41, 5.74) is 1.08. The lowest BCUT2D eigenvalue weighted by atomic mass is 10.2. The zero-order valence-electron chi connectivity index (χ0n) is 16.7. The van der Waals surface area contributed by atoms with E-state index in [1.54, 1.807) is 43.3 Å². The number of carbonyl (C=O) groups is 1. The van der Waals surface area contributed by atoms with E-state index >= 15 is 0 Å². The molecule has 1 amide bonds. The lowest BCUT2D eigenvalue weighted by molar-refractivity contribution is -0.122. The van der Waals surface area contributed by atoms with Gasteiger partial charge in [-0.1, -0.05) is 12.1 Å². The van der Waals surface area contributed by atoms with Gasteiger partial charge in [0.15, 0.2) is 6.10 Å². The van der Waals surface area contributed by atoms with Crippen LogP contribution in [0.1, 0.15) is 20.8 Å². The molecule has 0 radical (unpaired) electrons. The Balaban J connectivity index is 2.03. The molecule has 0 heterocycles. The van der Waals surface area contributed by atoms with Crippen molar-refractivity contribution in [1.82, 2.24) is 0 Å². The number of ether oxygens (including phenoxy) is 2. The van der Waals surface area contributed by atoms with E-state index in [1.807, 2.05) is 26.0 Å². The first kappa shape index (κ1) is 21.6. The second-order valence-corrected chi connectivity index (χ2v) is 8.65. The molecule has 8 heteroatoms. The van der Waals surface area contributed by atoms with Crippen molar-refractivity contribution in [3.05, 3.63) is 48.5 Å². The molecule has 152 valence electrons. The van der Waals surface area contributed by atoms with Gasteiger partial charge in [-0.05, 0) is 57.2 Å². The molecule has 0 saturated heterocycles. The number of anilines is 2. The Morgan fingerprint density at radius 1 is 1.00 bits per heavy atom. The summed E-state index contributed by atoms with van der Waals surface area (Å²) >= 11 is 0. The van der Waals surface area contributed by atoms with Crippen LogP contribution in [0.2, 0.25) is 0 Å². The summed E-state index contributed by atoms with van der Waals surface area (Å²) in [6.45, 7) is 5.46. The van der Waals surface area contributed by atoms with Crippen LogP contribution in [0.25, 0.3) is 0 Å². The van der Waals surface area contributed by atoms with Crippen LogP contribution in [-0.2, 0) is 14.8 Å². The fourth-order valence-corrected chi connectivity index (χ4v) is 2.85. The zero-order valence-corrected chi connectivity index (χ0v) is 17.5. The summed E-state index contributed by atoms with van der Waals surface area (Å²) in [6.07, 6.45) is 0.353. The molecule has 0 aliphatic carbocycles. The van der Waals surface area contributed by atoms with Crippen LogP contribution in [-0.4, -0.2) is 39.8 Å². The quantitative estimate of drug-likeness (QED) is 0.727. The highest BCUT2D eigenvalue weighted by molar-refractivity contribution is 7.92. The van der Waals surface area contributed by atoms with E-state index in [9.17, 15) is 13.2 Å². The summed E-state index contributed by atoms with van der Waals surface area (Å²) in [4.78, 5) is 12.5. The molecular formula is C20H26N2O5S. The lowest BCUT2D eigenvalue weighted by Gasteiger charge is -2.19. The van der Waals surface area contributed by atoms with Crippen LogP contribution >= 0.6 is 0 Å². The third-order valence-electron chi connectivity index (χ3n) is 3.89. The van der Waals surface area contributed by atoms with Crippen molar-refractivity contribution in [2.24, 2.45) is 0 Å². The van der Waals surface area contributed by atoms with E-state index in [0.29, 0.717) is 22.9 Å². The molecule has 0 aromatic heterocycles.